The number of methoxy groups -OCH3 is 1. The van der Waals surface area contributed by atoms with Crippen LogP contribution in [0.1, 0.15) is 18.0 Å². The van der Waals surface area contributed by atoms with Gasteiger partial charge in [-0.1, -0.05) is 29.8 Å². The average Bonchev–Trinajstić information content (AvgIpc) is 2.43. The van der Waals surface area contributed by atoms with E-state index in [1.165, 1.54) is 7.11 Å². The van der Waals surface area contributed by atoms with E-state index in [-0.39, 0.29) is 13.0 Å². The van der Waals surface area contributed by atoms with Crippen LogP contribution in [0.4, 0.5) is 0 Å². The van der Waals surface area contributed by atoms with Gasteiger partial charge in [-0.25, -0.2) is 0 Å². The molecule has 0 aliphatic rings. The van der Waals surface area contributed by atoms with E-state index in [0.717, 1.165) is 0 Å². The second-order valence-electron chi connectivity index (χ2n) is 4.28. The smallest absolute Gasteiger partial charge is 0.305 e. The summed E-state index contributed by atoms with van der Waals surface area (Å²) in [4.78, 5) is 22.7. The lowest BCUT2D eigenvalue weighted by Gasteiger charge is -2.18. The number of carboxylic acids is 1. The fourth-order valence-electron chi connectivity index (χ4n) is 1.71. The van der Waals surface area contributed by atoms with Crippen LogP contribution in [0, 0.1) is 0 Å². The van der Waals surface area contributed by atoms with Crippen LogP contribution in [0.2, 0.25) is 5.02 Å². The second-order valence-corrected chi connectivity index (χ2v) is 4.69. The fraction of sp³-hybridized carbons (Fsp3) is 0.429. The van der Waals surface area contributed by atoms with Crippen molar-refractivity contribution in [2.75, 3.05) is 26.9 Å². The molecule has 0 unspecified atom stereocenters. The first-order chi connectivity index (χ1) is 10.0. The lowest BCUT2D eigenvalue weighted by Crippen LogP contribution is -2.33. The number of rotatable bonds is 9. The first-order valence-corrected chi connectivity index (χ1v) is 6.74. The summed E-state index contributed by atoms with van der Waals surface area (Å²) in [7, 11) is 1.53. The van der Waals surface area contributed by atoms with Crippen molar-refractivity contribution in [3.63, 3.8) is 0 Å². The maximum Gasteiger partial charge on any atom is 0.305 e. The van der Waals surface area contributed by atoms with Crippen LogP contribution in [0.25, 0.3) is 0 Å². The molecule has 0 aliphatic carbocycles. The molecule has 1 atom stereocenters. The minimum absolute atomic E-state index is 0.163. The number of carboxylic acid groups (broad SMARTS) is 1. The fourth-order valence-corrected chi connectivity index (χ4v) is 1.98. The quantitative estimate of drug-likeness (QED) is 0.677. The van der Waals surface area contributed by atoms with Gasteiger partial charge in [-0.15, -0.1) is 0 Å². The van der Waals surface area contributed by atoms with Gasteiger partial charge in [0.25, 0.3) is 0 Å². The lowest BCUT2D eigenvalue weighted by molar-refractivity contribution is -0.138. The summed E-state index contributed by atoms with van der Waals surface area (Å²) >= 11 is 6.04. The number of aliphatic carboxylic acids is 1. The molecule has 6 nitrogen and oxygen atoms in total. The van der Waals surface area contributed by atoms with Crippen LogP contribution in [0.3, 0.4) is 0 Å². The van der Waals surface area contributed by atoms with E-state index in [9.17, 15) is 9.59 Å². The van der Waals surface area contributed by atoms with Crippen LogP contribution in [-0.4, -0.2) is 43.9 Å². The summed E-state index contributed by atoms with van der Waals surface area (Å²) in [5.41, 5.74) is 0.562. The monoisotopic (exact) mass is 315 g/mol. The number of amides is 1. The number of ether oxygens (including phenoxy) is 2. The van der Waals surface area contributed by atoms with Gasteiger partial charge in [0.15, 0.2) is 0 Å². The summed E-state index contributed by atoms with van der Waals surface area (Å²) in [5.74, 6) is -1.43. The van der Waals surface area contributed by atoms with E-state index in [1.807, 2.05) is 0 Å². The normalized spacial score (nSPS) is 11.9. The molecule has 1 rings (SSSR count). The van der Waals surface area contributed by atoms with Crippen molar-refractivity contribution in [1.82, 2.24) is 5.32 Å². The van der Waals surface area contributed by atoms with Crippen molar-refractivity contribution in [3.05, 3.63) is 34.9 Å². The average molecular weight is 316 g/mol. The molecule has 0 fully saturated rings. The van der Waals surface area contributed by atoms with Crippen molar-refractivity contribution in [2.24, 2.45) is 0 Å². The molecule has 116 valence electrons. The summed E-state index contributed by atoms with van der Waals surface area (Å²) in [6, 6.07) is 6.10. The van der Waals surface area contributed by atoms with E-state index in [0.29, 0.717) is 23.8 Å². The molecule has 0 saturated carbocycles. The Balaban J connectivity index is 2.64. The zero-order valence-electron chi connectivity index (χ0n) is 11.7. The predicted octanol–water partition coefficient (Wildman–Crippen LogP) is 1.64. The highest BCUT2D eigenvalue weighted by molar-refractivity contribution is 6.31. The van der Waals surface area contributed by atoms with Crippen molar-refractivity contribution in [3.8, 4) is 0 Å². The number of carbonyl (C=O) groups excluding carboxylic acids is 1. The Morgan fingerprint density at radius 1 is 1.33 bits per heavy atom. The van der Waals surface area contributed by atoms with Gasteiger partial charge in [-0.3, -0.25) is 9.59 Å². The molecule has 0 aromatic heterocycles. The molecule has 0 aliphatic heterocycles. The zero-order valence-corrected chi connectivity index (χ0v) is 12.4. The third-order valence-electron chi connectivity index (χ3n) is 2.66. The van der Waals surface area contributed by atoms with Gasteiger partial charge in [0.05, 0.1) is 25.7 Å². The minimum Gasteiger partial charge on any atom is -0.481 e. The molecule has 1 aromatic carbocycles. The van der Waals surface area contributed by atoms with Crippen molar-refractivity contribution < 1.29 is 24.2 Å². The zero-order chi connectivity index (χ0) is 15.7. The molecule has 2 N–H and O–H groups in total. The molecule has 1 aromatic rings. The number of benzene rings is 1. The number of nitrogens with one attached hydrogen (secondary N) is 1. The molecular formula is C14H18ClNO5. The third kappa shape index (κ3) is 6.57. The third-order valence-corrected chi connectivity index (χ3v) is 3.00. The number of halogens is 1. The summed E-state index contributed by atoms with van der Waals surface area (Å²) < 4.78 is 9.88. The summed E-state index contributed by atoms with van der Waals surface area (Å²) in [6.45, 7) is 0.514. The van der Waals surface area contributed by atoms with E-state index in [2.05, 4.69) is 5.32 Å². The summed E-state index contributed by atoms with van der Waals surface area (Å²) in [5, 5.41) is 12.0. The highest BCUT2D eigenvalue weighted by Crippen LogP contribution is 2.25. The minimum atomic E-state index is -1.03. The maximum atomic E-state index is 11.8. The first kappa shape index (κ1) is 17.4. The largest absolute Gasteiger partial charge is 0.481 e. The first-order valence-electron chi connectivity index (χ1n) is 6.37. The highest BCUT2D eigenvalue weighted by atomic mass is 35.5. The van der Waals surface area contributed by atoms with Gasteiger partial charge in [-0.2, -0.15) is 0 Å². The molecule has 0 radical (unpaired) electrons. The molecule has 0 heterocycles. The van der Waals surface area contributed by atoms with Gasteiger partial charge < -0.3 is 19.9 Å². The van der Waals surface area contributed by atoms with Crippen molar-refractivity contribution in [2.45, 2.75) is 12.5 Å². The van der Waals surface area contributed by atoms with Crippen LogP contribution in [-0.2, 0) is 19.1 Å². The van der Waals surface area contributed by atoms with E-state index >= 15 is 0 Å². The van der Waals surface area contributed by atoms with E-state index in [4.69, 9.17) is 26.2 Å². The van der Waals surface area contributed by atoms with Gasteiger partial charge in [0.2, 0.25) is 5.91 Å². The van der Waals surface area contributed by atoms with Gasteiger partial charge in [0.1, 0.15) is 6.61 Å². The number of hydrogen-bond donors (Lipinski definition) is 2. The molecule has 21 heavy (non-hydrogen) atoms. The van der Waals surface area contributed by atoms with Gasteiger partial charge >= 0.3 is 5.97 Å². The molecule has 0 bridgehead atoms. The Labute approximate surface area is 128 Å². The summed E-state index contributed by atoms with van der Waals surface area (Å²) in [6.07, 6.45) is -0.256. The highest BCUT2D eigenvalue weighted by Gasteiger charge is 2.20. The van der Waals surface area contributed by atoms with E-state index < -0.39 is 17.9 Å². The van der Waals surface area contributed by atoms with Crippen LogP contribution < -0.4 is 5.32 Å². The SMILES string of the molecule is COCCOCC(=O)N[C@H](CC(=O)O)c1ccccc1Cl. The Kier molecular flexibility index (Phi) is 7.74. The Hall–Kier alpha value is -1.63. The lowest BCUT2D eigenvalue weighted by atomic mass is 10.0. The van der Waals surface area contributed by atoms with Crippen molar-refractivity contribution >= 4 is 23.5 Å². The molecule has 0 spiro atoms. The molecule has 1 amide bonds. The van der Waals surface area contributed by atoms with Crippen LogP contribution >= 0.6 is 11.6 Å². The van der Waals surface area contributed by atoms with Gasteiger partial charge in [-0.05, 0) is 11.6 Å². The predicted molar refractivity (Wildman–Crippen MR) is 77.3 cm³/mol. The van der Waals surface area contributed by atoms with Crippen LogP contribution in [0.5, 0.6) is 0 Å². The van der Waals surface area contributed by atoms with E-state index in [1.54, 1.807) is 24.3 Å². The number of carbonyl (C=O) groups is 2. The maximum absolute atomic E-state index is 11.8. The Morgan fingerprint density at radius 3 is 2.67 bits per heavy atom. The topological polar surface area (TPSA) is 84.9 Å². The van der Waals surface area contributed by atoms with Crippen molar-refractivity contribution in [1.29, 1.82) is 0 Å². The molecule has 0 saturated heterocycles. The second kappa shape index (κ2) is 9.33. The molecular weight excluding hydrogens is 298 g/mol. The molecule has 7 heteroatoms. The number of hydrogen-bond acceptors (Lipinski definition) is 4. The van der Waals surface area contributed by atoms with Crippen LogP contribution in [0.15, 0.2) is 24.3 Å². The van der Waals surface area contributed by atoms with Gasteiger partial charge in [0, 0.05) is 12.1 Å². The Morgan fingerprint density at radius 2 is 2.05 bits per heavy atom. The Bertz CT molecular complexity index is 480. The standard InChI is InChI=1S/C14H18ClNO5/c1-20-6-7-21-9-13(17)16-12(8-14(18)19)10-4-2-3-5-11(10)15/h2-5,12H,6-9H2,1H3,(H,16,17)(H,18,19)/t12-/m1/s1.